The third kappa shape index (κ3) is 1.85. The van der Waals surface area contributed by atoms with E-state index in [9.17, 15) is 4.79 Å². The Bertz CT molecular complexity index is 630. The maximum absolute atomic E-state index is 12.5. The number of nitrogens with zero attached hydrogens (tertiary/aromatic N) is 1. The van der Waals surface area contributed by atoms with Gasteiger partial charge in [-0.15, -0.1) is 0 Å². The Kier molecular flexibility index (Phi) is 2.92. The molecule has 0 bridgehead atoms. The van der Waals surface area contributed by atoms with Gasteiger partial charge in [0.05, 0.1) is 0 Å². The molecule has 2 heterocycles. The molecule has 0 radical (unpaired) electrons. The van der Waals surface area contributed by atoms with E-state index < -0.39 is 0 Å². The van der Waals surface area contributed by atoms with Crippen molar-refractivity contribution >= 4 is 10.9 Å². The van der Waals surface area contributed by atoms with Crippen molar-refractivity contribution in [1.82, 2.24) is 9.88 Å². The fourth-order valence-corrected chi connectivity index (χ4v) is 2.76. The minimum absolute atomic E-state index is 0.208. The highest BCUT2D eigenvalue weighted by Crippen LogP contribution is 2.17. The first-order chi connectivity index (χ1) is 8.79. The van der Waals surface area contributed by atoms with Crippen molar-refractivity contribution in [2.75, 3.05) is 13.1 Å². The van der Waals surface area contributed by atoms with Crippen LogP contribution in [0.2, 0.25) is 0 Å². The van der Waals surface area contributed by atoms with Crippen molar-refractivity contribution in [1.29, 1.82) is 0 Å². The highest BCUT2D eigenvalue weighted by molar-refractivity contribution is 5.79. The Balaban J connectivity index is 2.22. The maximum atomic E-state index is 12.5. The first-order valence-electron chi connectivity index (χ1n) is 6.64. The number of hydrogen-bond acceptors (Lipinski definition) is 2. The predicted molar refractivity (Wildman–Crippen MR) is 73.8 cm³/mol. The van der Waals surface area contributed by atoms with Crippen LogP contribution in [0.1, 0.15) is 24.6 Å². The molecule has 1 aromatic heterocycles. The lowest BCUT2D eigenvalue weighted by Crippen LogP contribution is -2.26. The van der Waals surface area contributed by atoms with Crippen molar-refractivity contribution in [3.63, 3.8) is 0 Å². The van der Waals surface area contributed by atoms with Crippen LogP contribution in [0, 0.1) is 0 Å². The van der Waals surface area contributed by atoms with Gasteiger partial charge in [0.15, 0.2) is 5.43 Å². The fraction of sp³-hybridized carbons (Fsp3) is 0.400. The molecule has 3 rings (SSSR count). The van der Waals surface area contributed by atoms with Crippen LogP contribution < -0.4 is 5.43 Å². The van der Waals surface area contributed by atoms with Crippen molar-refractivity contribution in [3.8, 4) is 0 Å². The minimum atomic E-state index is 0.208. The summed E-state index contributed by atoms with van der Waals surface area (Å²) >= 11 is 0. The van der Waals surface area contributed by atoms with Crippen LogP contribution in [0.25, 0.3) is 10.9 Å². The van der Waals surface area contributed by atoms with E-state index >= 15 is 0 Å². The van der Waals surface area contributed by atoms with Gasteiger partial charge in [0.1, 0.15) is 0 Å². The van der Waals surface area contributed by atoms with Gasteiger partial charge in [-0.3, -0.25) is 9.69 Å². The molecule has 0 saturated carbocycles. The molecule has 3 nitrogen and oxygen atoms in total. The zero-order valence-corrected chi connectivity index (χ0v) is 10.7. The lowest BCUT2D eigenvalue weighted by Gasteiger charge is -2.17. The van der Waals surface area contributed by atoms with Gasteiger partial charge in [0.2, 0.25) is 0 Å². The van der Waals surface area contributed by atoms with Crippen LogP contribution >= 0.6 is 0 Å². The van der Waals surface area contributed by atoms with Crippen molar-refractivity contribution in [3.05, 3.63) is 45.7 Å². The van der Waals surface area contributed by atoms with E-state index in [2.05, 4.69) is 16.8 Å². The molecule has 3 heteroatoms. The largest absolute Gasteiger partial charge is 0.358 e. The number of aryl methyl sites for hydroxylation is 1. The van der Waals surface area contributed by atoms with E-state index in [0.717, 1.165) is 54.6 Å². The highest BCUT2D eigenvalue weighted by Gasteiger charge is 2.17. The second-order valence-corrected chi connectivity index (χ2v) is 4.93. The van der Waals surface area contributed by atoms with E-state index in [4.69, 9.17) is 0 Å². The lowest BCUT2D eigenvalue weighted by atomic mass is 10.1. The third-order valence-corrected chi connectivity index (χ3v) is 3.83. The summed E-state index contributed by atoms with van der Waals surface area (Å²) in [7, 11) is 0. The van der Waals surface area contributed by atoms with Crippen LogP contribution in [0.15, 0.2) is 29.1 Å². The summed E-state index contributed by atoms with van der Waals surface area (Å²) in [4.78, 5) is 18.3. The Hall–Kier alpha value is -1.61. The van der Waals surface area contributed by atoms with Crippen molar-refractivity contribution < 1.29 is 0 Å². The van der Waals surface area contributed by atoms with E-state index in [-0.39, 0.29) is 5.43 Å². The van der Waals surface area contributed by atoms with Gasteiger partial charge in [-0.1, -0.05) is 19.1 Å². The Morgan fingerprint density at radius 3 is 3.00 bits per heavy atom. The quantitative estimate of drug-likeness (QED) is 0.833. The third-order valence-electron chi connectivity index (χ3n) is 3.83. The number of nitrogens with one attached hydrogen (secondary N) is 1. The highest BCUT2D eigenvalue weighted by atomic mass is 16.1. The fourth-order valence-electron chi connectivity index (χ4n) is 2.76. The number of hydrogen-bond donors (Lipinski definition) is 1. The van der Waals surface area contributed by atoms with Gasteiger partial charge >= 0.3 is 0 Å². The lowest BCUT2D eigenvalue weighted by molar-refractivity contribution is 0.284. The Morgan fingerprint density at radius 2 is 2.17 bits per heavy atom. The molecular formula is C15H18N2O. The summed E-state index contributed by atoms with van der Waals surface area (Å²) in [5.41, 5.74) is 3.27. The van der Waals surface area contributed by atoms with Gasteiger partial charge in [0.25, 0.3) is 0 Å². The van der Waals surface area contributed by atoms with Crippen LogP contribution in [0.5, 0.6) is 0 Å². The standard InChI is InChI=1S/C15H18N2O/c1-2-17-9-5-8-14-12(10-17)15(18)11-6-3-4-7-13(11)16-14/h3-4,6-7H,2,5,8-10H2,1H3,(H,16,18). The summed E-state index contributed by atoms with van der Waals surface area (Å²) in [5, 5.41) is 0.814. The molecular weight excluding hydrogens is 224 g/mol. The van der Waals surface area contributed by atoms with Gasteiger partial charge < -0.3 is 4.98 Å². The summed E-state index contributed by atoms with van der Waals surface area (Å²) < 4.78 is 0. The molecule has 2 aromatic rings. The van der Waals surface area contributed by atoms with Crippen molar-refractivity contribution in [2.24, 2.45) is 0 Å². The minimum Gasteiger partial charge on any atom is -0.358 e. The van der Waals surface area contributed by atoms with E-state index in [1.54, 1.807) is 0 Å². The number of fused-ring (bicyclic) bond motifs is 2. The average Bonchev–Trinajstić information content (AvgIpc) is 2.61. The molecule has 94 valence electrons. The number of pyridine rings is 1. The molecule has 1 aliphatic rings. The molecule has 0 fully saturated rings. The molecule has 0 unspecified atom stereocenters. The number of para-hydroxylation sites is 1. The Morgan fingerprint density at radius 1 is 1.33 bits per heavy atom. The second-order valence-electron chi connectivity index (χ2n) is 4.93. The topological polar surface area (TPSA) is 36.1 Å². The van der Waals surface area contributed by atoms with E-state index in [1.165, 1.54) is 0 Å². The smallest absolute Gasteiger partial charge is 0.194 e. The normalized spacial score (nSPS) is 16.5. The van der Waals surface area contributed by atoms with Gasteiger partial charge in [-0.2, -0.15) is 0 Å². The molecule has 1 aromatic carbocycles. The first kappa shape index (κ1) is 11.5. The van der Waals surface area contributed by atoms with Crippen LogP contribution in [-0.2, 0) is 13.0 Å². The number of H-pyrrole nitrogens is 1. The van der Waals surface area contributed by atoms with Crippen LogP contribution in [0.3, 0.4) is 0 Å². The number of aromatic nitrogens is 1. The monoisotopic (exact) mass is 242 g/mol. The van der Waals surface area contributed by atoms with Gasteiger partial charge in [0, 0.05) is 28.7 Å². The molecule has 0 aliphatic carbocycles. The summed E-state index contributed by atoms with van der Waals surface area (Å²) in [6.45, 7) is 5.02. The Labute approximate surface area is 106 Å². The zero-order valence-electron chi connectivity index (χ0n) is 10.7. The van der Waals surface area contributed by atoms with Crippen LogP contribution in [-0.4, -0.2) is 23.0 Å². The summed E-state index contributed by atoms with van der Waals surface area (Å²) in [5.74, 6) is 0. The van der Waals surface area contributed by atoms with E-state index in [0.29, 0.717) is 0 Å². The molecule has 0 amide bonds. The first-order valence-corrected chi connectivity index (χ1v) is 6.64. The average molecular weight is 242 g/mol. The molecule has 0 saturated heterocycles. The van der Waals surface area contributed by atoms with E-state index in [1.807, 2.05) is 24.3 Å². The second kappa shape index (κ2) is 4.58. The van der Waals surface area contributed by atoms with Gasteiger partial charge in [-0.05, 0) is 38.1 Å². The zero-order chi connectivity index (χ0) is 12.5. The predicted octanol–water partition coefficient (Wildman–Crippen LogP) is 2.30. The molecule has 0 atom stereocenters. The molecule has 0 spiro atoms. The molecule has 1 N–H and O–H groups in total. The SMILES string of the molecule is CCN1CCCc2[nH]c3ccccc3c(=O)c2C1. The summed E-state index contributed by atoms with van der Waals surface area (Å²) in [6, 6.07) is 7.80. The number of rotatable bonds is 1. The van der Waals surface area contributed by atoms with Crippen LogP contribution in [0.4, 0.5) is 0 Å². The molecule has 18 heavy (non-hydrogen) atoms. The number of aromatic amines is 1. The van der Waals surface area contributed by atoms with Crippen molar-refractivity contribution in [2.45, 2.75) is 26.3 Å². The van der Waals surface area contributed by atoms with Gasteiger partial charge in [-0.25, -0.2) is 0 Å². The molecule has 1 aliphatic heterocycles. The summed E-state index contributed by atoms with van der Waals surface area (Å²) in [6.07, 6.45) is 2.10. The number of benzene rings is 1. The maximum Gasteiger partial charge on any atom is 0.194 e.